The summed E-state index contributed by atoms with van der Waals surface area (Å²) in [6.07, 6.45) is 15.6. The molecule has 0 saturated heterocycles. The van der Waals surface area contributed by atoms with Gasteiger partial charge in [-0.05, 0) is 55.8 Å². The van der Waals surface area contributed by atoms with Gasteiger partial charge in [-0.3, -0.25) is 0 Å². The van der Waals surface area contributed by atoms with Crippen LogP contribution in [0.15, 0.2) is 0 Å². The van der Waals surface area contributed by atoms with Crippen molar-refractivity contribution in [2.75, 3.05) is 0 Å². The van der Waals surface area contributed by atoms with Crippen LogP contribution in [0, 0.1) is 35.5 Å². The van der Waals surface area contributed by atoms with E-state index < -0.39 is 0 Å². The van der Waals surface area contributed by atoms with Crippen LogP contribution in [0.1, 0.15) is 64.2 Å². The molecule has 4 aliphatic rings. The third-order valence-electron chi connectivity index (χ3n) is 6.53. The highest BCUT2D eigenvalue weighted by Gasteiger charge is 2.38. The summed E-state index contributed by atoms with van der Waals surface area (Å²) in [6, 6.07) is 0. The molecule has 0 amide bonds. The zero-order valence-corrected chi connectivity index (χ0v) is 12.5. The molecule has 4 rings (SSSR count). The minimum absolute atomic E-state index is 0.426. The number of fused-ring (bicyclic) bond motifs is 2. The van der Waals surface area contributed by atoms with Crippen LogP contribution >= 0.6 is 0 Å². The van der Waals surface area contributed by atoms with E-state index in [1.54, 1.807) is 0 Å². The van der Waals surface area contributed by atoms with E-state index in [0.717, 1.165) is 23.7 Å². The molecule has 0 heterocycles. The van der Waals surface area contributed by atoms with Gasteiger partial charge in [-0.2, -0.15) is 0 Å². The number of carbonyl (C=O) groups excluding carboxylic acids is 2. The maximum absolute atomic E-state index is 10.5. The van der Waals surface area contributed by atoms with Gasteiger partial charge in [0.2, 0.25) is 0 Å². The Morgan fingerprint density at radius 2 is 1.30 bits per heavy atom. The van der Waals surface area contributed by atoms with E-state index in [9.17, 15) is 9.59 Å². The second-order valence-electron chi connectivity index (χ2n) is 7.55. The van der Waals surface area contributed by atoms with Gasteiger partial charge in [-0.25, -0.2) is 0 Å². The van der Waals surface area contributed by atoms with Crippen molar-refractivity contribution in [1.29, 1.82) is 0 Å². The van der Waals surface area contributed by atoms with Crippen molar-refractivity contribution in [2.24, 2.45) is 35.5 Å². The molecule has 20 heavy (non-hydrogen) atoms. The molecule has 5 unspecified atom stereocenters. The van der Waals surface area contributed by atoms with Crippen LogP contribution in [0.3, 0.4) is 0 Å². The molecule has 0 aliphatic heterocycles. The van der Waals surface area contributed by atoms with Crippen LogP contribution < -0.4 is 0 Å². The Morgan fingerprint density at radius 3 is 1.95 bits per heavy atom. The van der Waals surface area contributed by atoms with Crippen LogP contribution in [0.2, 0.25) is 0 Å². The molecular formula is C18H28O2. The molecule has 112 valence electrons. The van der Waals surface area contributed by atoms with Crippen molar-refractivity contribution in [3.8, 4) is 0 Å². The molecule has 0 aromatic heterocycles. The Hall–Kier alpha value is -0.660. The Balaban J connectivity index is 0.000000121. The summed E-state index contributed by atoms with van der Waals surface area (Å²) in [5.74, 6) is 4.43. The van der Waals surface area contributed by atoms with Crippen LogP contribution in [0.25, 0.3) is 0 Å². The fourth-order valence-corrected chi connectivity index (χ4v) is 5.50. The Bertz CT molecular complexity index is 339. The summed E-state index contributed by atoms with van der Waals surface area (Å²) in [6.45, 7) is 0. The first kappa shape index (κ1) is 14.3. The van der Waals surface area contributed by atoms with Gasteiger partial charge < -0.3 is 9.59 Å². The molecule has 4 saturated carbocycles. The predicted molar refractivity (Wildman–Crippen MR) is 79.2 cm³/mol. The zero-order valence-electron chi connectivity index (χ0n) is 12.5. The van der Waals surface area contributed by atoms with Crippen LogP contribution in [0.5, 0.6) is 0 Å². The molecule has 0 N–H and O–H groups in total. The summed E-state index contributed by atoms with van der Waals surface area (Å²) in [5.41, 5.74) is 0. The van der Waals surface area contributed by atoms with Gasteiger partial charge in [0, 0.05) is 11.8 Å². The molecule has 4 fully saturated rings. The van der Waals surface area contributed by atoms with Gasteiger partial charge >= 0.3 is 0 Å². The maximum Gasteiger partial charge on any atom is 0.123 e. The maximum atomic E-state index is 10.5. The fourth-order valence-electron chi connectivity index (χ4n) is 5.50. The minimum Gasteiger partial charge on any atom is -0.303 e. The van der Waals surface area contributed by atoms with Crippen LogP contribution in [0.4, 0.5) is 0 Å². The van der Waals surface area contributed by atoms with Crippen molar-refractivity contribution < 1.29 is 9.59 Å². The van der Waals surface area contributed by atoms with E-state index in [-0.39, 0.29) is 0 Å². The van der Waals surface area contributed by atoms with E-state index >= 15 is 0 Å². The lowest BCUT2D eigenvalue weighted by atomic mass is 9.93. The van der Waals surface area contributed by atoms with Gasteiger partial charge in [-0.1, -0.05) is 32.1 Å². The number of aldehydes is 2. The molecule has 0 aromatic carbocycles. The summed E-state index contributed by atoms with van der Waals surface area (Å²) in [4.78, 5) is 21.0. The minimum atomic E-state index is 0.426. The first-order valence-electron chi connectivity index (χ1n) is 8.72. The molecule has 5 atom stereocenters. The molecule has 0 spiro atoms. The number of hydrogen-bond donors (Lipinski definition) is 0. The number of carbonyl (C=O) groups is 2. The summed E-state index contributed by atoms with van der Waals surface area (Å²) < 4.78 is 0. The van der Waals surface area contributed by atoms with Crippen LogP contribution in [-0.2, 0) is 9.59 Å². The van der Waals surface area contributed by atoms with Gasteiger partial charge in [0.1, 0.15) is 12.6 Å². The number of rotatable bonds is 2. The quantitative estimate of drug-likeness (QED) is 0.714. The Labute approximate surface area is 122 Å². The van der Waals surface area contributed by atoms with E-state index in [1.165, 1.54) is 76.8 Å². The van der Waals surface area contributed by atoms with E-state index in [4.69, 9.17) is 0 Å². The molecule has 0 aromatic rings. The van der Waals surface area contributed by atoms with Gasteiger partial charge in [0.05, 0.1) is 0 Å². The lowest BCUT2D eigenvalue weighted by Gasteiger charge is -2.10. The van der Waals surface area contributed by atoms with Crippen LogP contribution in [-0.4, -0.2) is 12.6 Å². The van der Waals surface area contributed by atoms with Crippen molar-refractivity contribution in [1.82, 2.24) is 0 Å². The van der Waals surface area contributed by atoms with Crippen molar-refractivity contribution in [3.05, 3.63) is 0 Å². The third kappa shape index (κ3) is 2.84. The topological polar surface area (TPSA) is 34.1 Å². The standard InChI is InChI=1S/2C9H14O/c10-6-7-4-8-2-1-3-9(8)5-7;10-6-8-5-4-7-2-1-3-9(7)8/h2*6-9H,1-5H2. The Kier molecular flexibility index (Phi) is 4.58. The largest absolute Gasteiger partial charge is 0.303 e. The SMILES string of the molecule is O=CC1CC2CCCC2C1.O=CC1CCC2CCCC12. The Morgan fingerprint density at radius 1 is 0.650 bits per heavy atom. The highest BCUT2D eigenvalue weighted by atomic mass is 16.1. The van der Waals surface area contributed by atoms with Gasteiger partial charge in [0.25, 0.3) is 0 Å². The average Bonchev–Trinajstić information content (AvgIpc) is 3.18. The third-order valence-corrected chi connectivity index (χ3v) is 6.53. The number of hydrogen-bond acceptors (Lipinski definition) is 2. The normalized spacial score (nSPS) is 45.4. The predicted octanol–water partition coefficient (Wildman–Crippen LogP) is 4.02. The first-order valence-corrected chi connectivity index (χ1v) is 8.72. The van der Waals surface area contributed by atoms with Crippen molar-refractivity contribution in [2.45, 2.75) is 64.2 Å². The summed E-state index contributed by atoms with van der Waals surface area (Å²) in [5, 5.41) is 0. The fraction of sp³-hybridized carbons (Fsp3) is 0.889. The van der Waals surface area contributed by atoms with E-state index in [1.807, 2.05) is 0 Å². The first-order chi connectivity index (χ1) is 9.81. The highest BCUT2D eigenvalue weighted by Crippen LogP contribution is 2.47. The van der Waals surface area contributed by atoms with E-state index in [2.05, 4.69) is 0 Å². The van der Waals surface area contributed by atoms with Crippen molar-refractivity contribution >= 4 is 12.6 Å². The second-order valence-corrected chi connectivity index (χ2v) is 7.55. The molecule has 0 radical (unpaired) electrons. The van der Waals surface area contributed by atoms with E-state index in [0.29, 0.717) is 11.8 Å². The highest BCUT2D eigenvalue weighted by molar-refractivity contribution is 5.55. The molecule has 2 heteroatoms. The van der Waals surface area contributed by atoms with Gasteiger partial charge in [0.15, 0.2) is 0 Å². The molecule has 2 nitrogen and oxygen atoms in total. The average molecular weight is 276 g/mol. The monoisotopic (exact) mass is 276 g/mol. The lowest BCUT2D eigenvalue weighted by Crippen LogP contribution is -2.09. The smallest absolute Gasteiger partial charge is 0.123 e. The lowest BCUT2D eigenvalue weighted by molar-refractivity contribution is -0.112. The summed E-state index contributed by atoms with van der Waals surface area (Å²) in [7, 11) is 0. The second kappa shape index (κ2) is 6.41. The van der Waals surface area contributed by atoms with Crippen molar-refractivity contribution in [3.63, 3.8) is 0 Å². The molecule has 4 aliphatic carbocycles. The van der Waals surface area contributed by atoms with Gasteiger partial charge in [-0.15, -0.1) is 0 Å². The molecule has 0 bridgehead atoms. The zero-order chi connectivity index (χ0) is 13.9. The molecular weight excluding hydrogens is 248 g/mol. The summed E-state index contributed by atoms with van der Waals surface area (Å²) >= 11 is 0.